The first kappa shape index (κ1) is 13.2. The van der Waals surface area contributed by atoms with E-state index in [0.29, 0.717) is 20.6 Å². The zero-order chi connectivity index (χ0) is 15.1. The normalized spacial score (nSPS) is 16.6. The van der Waals surface area contributed by atoms with Crippen LogP contribution in [-0.4, -0.2) is 25.4 Å². The molecular weight excluding hydrogens is 320 g/mol. The van der Waals surface area contributed by atoms with Gasteiger partial charge in [-0.3, -0.25) is 14.9 Å². The lowest BCUT2D eigenvalue weighted by molar-refractivity contribution is -0.115. The Morgan fingerprint density at radius 1 is 1.32 bits per heavy atom. The molecule has 2 N–H and O–H groups in total. The molecule has 4 rings (SSSR count). The number of fused-ring (bicyclic) bond motifs is 1. The summed E-state index contributed by atoms with van der Waals surface area (Å²) in [4.78, 5) is 16.4. The number of nitrogens with zero attached hydrogens (tertiary/aromatic N) is 2. The third kappa shape index (κ3) is 2.22. The van der Waals surface area contributed by atoms with E-state index in [2.05, 4.69) is 20.5 Å². The molecule has 0 aliphatic carbocycles. The van der Waals surface area contributed by atoms with Crippen LogP contribution in [0.1, 0.15) is 5.76 Å². The van der Waals surface area contributed by atoms with Crippen molar-refractivity contribution in [2.75, 3.05) is 0 Å². The average Bonchev–Trinajstić information content (AvgIpc) is 3.19. The molecule has 1 fully saturated rings. The van der Waals surface area contributed by atoms with Crippen LogP contribution in [0.15, 0.2) is 40.2 Å². The molecular formula is C14H8N4O2S2. The van der Waals surface area contributed by atoms with Gasteiger partial charge in [0, 0.05) is 41.2 Å². The Labute approximate surface area is 134 Å². The molecule has 3 aromatic heterocycles. The molecule has 0 saturated carbocycles. The predicted molar refractivity (Wildman–Crippen MR) is 87.9 cm³/mol. The molecule has 1 aliphatic rings. The van der Waals surface area contributed by atoms with Gasteiger partial charge in [0.15, 0.2) is 0 Å². The molecule has 0 aromatic carbocycles. The van der Waals surface area contributed by atoms with E-state index in [-0.39, 0.29) is 5.91 Å². The van der Waals surface area contributed by atoms with E-state index in [4.69, 9.17) is 16.6 Å². The van der Waals surface area contributed by atoms with E-state index in [1.807, 2.05) is 6.07 Å². The molecule has 1 aliphatic heterocycles. The number of furan rings is 1. The van der Waals surface area contributed by atoms with E-state index in [0.717, 1.165) is 16.5 Å². The molecule has 3 aromatic rings. The van der Waals surface area contributed by atoms with Crippen LogP contribution < -0.4 is 5.32 Å². The highest BCUT2D eigenvalue weighted by Crippen LogP contribution is 2.32. The minimum absolute atomic E-state index is 0.205. The van der Waals surface area contributed by atoms with Crippen molar-refractivity contribution < 1.29 is 9.21 Å². The van der Waals surface area contributed by atoms with Crippen LogP contribution in [0.4, 0.5) is 0 Å². The van der Waals surface area contributed by atoms with Gasteiger partial charge >= 0.3 is 0 Å². The fraction of sp³-hybridized carbons (Fsp3) is 0. The number of hydrogen-bond acceptors (Lipinski definition) is 6. The van der Waals surface area contributed by atoms with Crippen molar-refractivity contribution in [3.8, 4) is 11.1 Å². The van der Waals surface area contributed by atoms with Crippen molar-refractivity contribution in [2.45, 2.75) is 0 Å². The first-order valence-corrected chi connectivity index (χ1v) is 7.55. The van der Waals surface area contributed by atoms with Gasteiger partial charge in [-0.05, 0) is 6.07 Å². The Balaban J connectivity index is 1.82. The summed E-state index contributed by atoms with van der Waals surface area (Å²) in [5.74, 6) is 0.374. The van der Waals surface area contributed by atoms with Crippen LogP contribution in [0, 0.1) is 0 Å². The van der Waals surface area contributed by atoms with Crippen molar-refractivity contribution in [3.05, 3.63) is 41.5 Å². The second-order valence-electron chi connectivity index (χ2n) is 4.59. The Bertz CT molecular complexity index is 928. The van der Waals surface area contributed by atoms with Crippen molar-refractivity contribution >= 4 is 51.3 Å². The maximum atomic E-state index is 11.7. The molecule has 1 saturated heterocycles. The van der Waals surface area contributed by atoms with Gasteiger partial charge in [-0.25, -0.2) is 0 Å². The van der Waals surface area contributed by atoms with Gasteiger partial charge in [-0.2, -0.15) is 5.10 Å². The number of aromatic nitrogens is 3. The maximum absolute atomic E-state index is 11.7. The number of pyridine rings is 1. The molecule has 0 radical (unpaired) electrons. The lowest BCUT2D eigenvalue weighted by atomic mass is 10.1. The summed E-state index contributed by atoms with van der Waals surface area (Å²) in [7, 11) is 0. The number of thiocarbonyl (C=S) groups is 1. The topological polar surface area (TPSA) is 83.8 Å². The Hall–Kier alpha value is -2.45. The quantitative estimate of drug-likeness (QED) is 0.556. The third-order valence-electron chi connectivity index (χ3n) is 3.17. The Morgan fingerprint density at radius 2 is 2.23 bits per heavy atom. The molecule has 8 heteroatoms. The molecule has 22 heavy (non-hydrogen) atoms. The molecule has 1 amide bonds. The van der Waals surface area contributed by atoms with E-state index in [9.17, 15) is 4.79 Å². The molecule has 0 spiro atoms. The monoisotopic (exact) mass is 328 g/mol. The molecule has 4 heterocycles. The summed E-state index contributed by atoms with van der Waals surface area (Å²) >= 11 is 6.19. The summed E-state index contributed by atoms with van der Waals surface area (Å²) in [5, 5.41) is 10.1. The van der Waals surface area contributed by atoms with Gasteiger partial charge in [-0.15, -0.1) is 0 Å². The summed E-state index contributed by atoms with van der Waals surface area (Å²) < 4.78 is 6.33. The number of nitrogens with one attached hydrogen (secondary N) is 2. The summed E-state index contributed by atoms with van der Waals surface area (Å²) in [6.45, 7) is 0. The van der Waals surface area contributed by atoms with Gasteiger partial charge in [0.2, 0.25) is 0 Å². The fourth-order valence-corrected chi connectivity index (χ4v) is 3.23. The van der Waals surface area contributed by atoms with Gasteiger partial charge in [0.25, 0.3) is 5.91 Å². The lowest BCUT2D eigenvalue weighted by Gasteiger charge is -1.96. The highest BCUT2D eigenvalue weighted by atomic mass is 32.2. The number of aromatic amines is 1. The van der Waals surface area contributed by atoms with E-state index in [1.54, 1.807) is 30.9 Å². The summed E-state index contributed by atoms with van der Waals surface area (Å²) in [6, 6.07) is 1.84. The molecule has 108 valence electrons. The first-order valence-electron chi connectivity index (χ1n) is 6.32. The second kappa shape index (κ2) is 5.08. The molecule has 0 bridgehead atoms. The van der Waals surface area contributed by atoms with E-state index in [1.165, 1.54) is 11.8 Å². The van der Waals surface area contributed by atoms with Crippen LogP contribution in [0.25, 0.3) is 28.2 Å². The van der Waals surface area contributed by atoms with Crippen LogP contribution in [0.2, 0.25) is 0 Å². The predicted octanol–water partition coefficient (Wildman–Crippen LogP) is 2.71. The van der Waals surface area contributed by atoms with E-state index >= 15 is 0 Å². The zero-order valence-electron chi connectivity index (χ0n) is 11.0. The minimum atomic E-state index is -0.205. The van der Waals surface area contributed by atoms with Crippen molar-refractivity contribution in [3.63, 3.8) is 0 Å². The number of thioether (sulfide) groups is 1. The highest BCUT2D eigenvalue weighted by Gasteiger charge is 2.22. The van der Waals surface area contributed by atoms with Crippen molar-refractivity contribution in [1.82, 2.24) is 20.5 Å². The van der Waals surface area contributed by atoms with Crippen LogP contribution in [0.5, 0.6) is 0 Å². The number of amides is 1. The van der Waals surface area contributed by atoms with E-state index < -0.39 is 0 Å². The largest absolute Gasteiger partial charge is 0.456 e. The number of carbonyl (C=O) groups excluding carboxylic acids is 1. The maximum Gasteiger partial charge on any atom is 0.263 e. The van der Waals surface area contributed by atoms with Crippen LogP contribution in [-0.2, 0) is 4.79 Å². The zero-order valence-corrected chi connectivity index (χ0v) is 12.6. The second-order valence-corrected chi connectivity index (χ2v) is 6.31. The summed E-state index contributed by atoms with van der Waals surface area (Å²) in [6.07, 6.45) is 8.60. The number of carbonyl (C=O) groups is 1. The standard InChI is InChI=1S/C14H8N4O2S2/c19-13-11(22-14(21)18-13)2-9-1-7-3-15-6-10(12(7)20-9)8-4-16-17-5-8/h1-6H,(H,16,17)(H,18,19,21)/b11-2+. The smallest absolute Gasteiger partial charge is 0.263 e. The lowest BCUT2D eigenvalue weighted by Crippen LogP contribution is -2.17. The molecule has 6 nitrogen and oxygen atoms in total. The van der Waals surface area contributed by atoms with Crippen LogP contribution >= 0.6 is 24.0 Å². The van der Waals surface area contributed by atoms with Gasteiger partial charge < -0.3 is 9.73 Å². The van der Waals surface area contributed by atoms with Gasteiger partial charge in [-0.1, -0.05) is 24.0 Å². The van der Waals surface area contributed by atoms with Crippen LogP contribution in [0.3, 0.4) is 0 Å². The molecule has 0 atom stereocenters. The van der Waals surface area contributed by atoms with Crippen molar-refractivity contribution in [1.29, 1.82) is 0 Å². The first-order chi connectivity index (χ1) is 10.7. The SMILES string of the molecule is O=C1NC(=S)S/C1=C/c1cc2cncc(-c3cn[nH]c3)c2o1. The summed E-state index contributed by atoms with van der Waals surface area (Å²) in [5.41, 5.74) is 2.44. The number of hydrogen-bond donors (Lipinski definition) is 2. The Kier molecular flexibility index (Phi) is 3.05. The Morgan fingerprint density at radius 3 is 2.95 bits per heavy atom. The van der Waals surface area contributed by atoms with Crippen molar-refractivity contribution in [2.24, 2.45) is 0 Å². The fourth-order valence-electron chi connectivity index (χ4n) is 2.21. The number of rotatable bonds is 2. The molecule has 0 unspecified atom stereocenters. The highest BCUT2D eigenvalue weighted by molar-refractivity contribution is 8.26. The third-order valence-corrected chi connectivity index (χ3v) is 4.33. The minimum Gasteiger partial charge on any atom is -0.456 e. The van der Waals surface area contributed by atoms with Gasteiger partial charge in [0.05, 0.1) is 11.1 Å². The van der Waals surface area contributed by atoms with Gasteiger partial charge in [0.1, 0.15) is 15.7 Å². The number of H-pyrrole nitrogens is 1. The average molecular weight is 328 g/mol.